The normalized spacial score (nSPS) is 12.0. The number of thiol groups is 1. The highest BCUT2D eigenvalue weighted by atomic mass is 32.1. The van der Waals surface area contributed by atoms with E-state index < -0.39 is 5.38 Å². The Morgan fingerprint density at radius 3 is 1.60 bits per heavy atom. The number of hydrogen-bond acceptors (Lipinski definition) is 2. The summed E-state index contributed by atoms with van der Waals surface area (Å²) in [6.45, 7) is 0. The molecule has 0 spiro atoms. The molecule has 0 unspecified atom stereocenters. The first-order valence-corrected chi connectivity index (χ1v) is 1.34. The van der Waals surface area contributed by atoms with Gasteiger partial charge in [0.05, 0.1) is 0 Å². The van der Waals surface area contributed by atoms with Gasteiger partial charge in [-0.05, 0) is 0 Å². The van der Waals surface area contributed by atoms with Crippen molar-refractivity contribution in [3.8, 4) is 0 Å². The summed E-state index contributed by atoms with van der Waals surface area (Å²) in [6, 6.07) is 0. The highest BCUT2D eigenvalue weighted by molar-refractivity contribution is 7.81. The summed E-state index contributed by atoms with van der Waals surface area (Å²) in [6.07, 6.45) is 0. The first kappa shape index (κ1) is 5.17. The number of rotatable bonds is 0. The van der Waals surface area contributed by atoms with Crippen LogP contribution in [0.2, 0.25) is 0 Å². The molecule has 0 aliphatic carbocycles. The van der Waals surface area contributed by atoms with Crippen molar-refractivity contribution >= 4 is 12.6 Å². The SMILES string of the molecule is NC(F)(F)S. The second-order valence-electron chi connectivity index (χ2n) is 0.588. The molecule has 0 saturated heterocycles. The Morgan fingerprint density at radius 2 is 1.60 bits per heavy atom. The highest BCUT2D eigenvalue weighted by Gasteiger charge is 2.10. The Bertz CT molecular complexity index is 25.1. The maximum Gasteiger partial charge on any atom is 0.347 e. The molecule has 0 aliphatic heterocycles. The molecule has 32 valence electrons. The number of hydrogen-bond donors (Lipinski definition) is 2. The lowest BCUT2D eigenvalue weighted by atomic mass is 11.3. The Labute approximate surface area is 33.6 Å². The van der Waals surface area contributed by atoms with Crippen LogP contribution in [0.4, 0.5) is 8.78 Å². The van der Waals surface area contributed by atoms with Gasteiger partial charge in [0.2, 0.25) is 0 Å². The van der Waals surface area contributed by atoms with Crippen LogP contribution in [-0.4, -0.2) is 5.38 Å². The van der Waals surface area contributed by atoms with E-state index in [9.17, 15) is 8.78 Å². The molecule has 0 aliphatic rings. The molecule has 0 aromatic carbocycles. The first-order chi connectivity index (χ1) is 2.00. The number of halogens is 2. The Hall–Kier alpha value is 0.170. The van der Waals surface area contributed by atoms with Gasteiger partial charge in [0, 0.05) is 0 Å². The molecule has 0 fully saturated rings. The van der Waals surface area contributed by atoms with Crippen LogP contribution in [0.1, 0.15) is 0 Å². The summed E-state index contributed by atoms with van der Waals surface area (Å²) in [5.41, 5.74) is 3.89. The molecule has 0 rings (SSSR count). The van der Waals surface area contributed by atoms with E-state index in [-0.39, 0.29) is 0 Å². The van der Waals surface area contributed by atoms with E-state index in [0.29, 0.717) is 0 Å². The molecule has 0 atom stereocenters. The van der Waals surface area contributed by atoms with Crippen LogP contribution < -0.4 is 5.73 Å². The zero-order chi connectivity index (χ0) is 4.50. The van der Waals surface area contributed by atoms with Crippen molar-refractivity contribution in [3.05, 3.63) is 0 Å². The molecular formula is CH3F2NS. The molecule has 0 amide bonds. The largest absolute Gasteiger partial charge is 0.347 e. The predicted octanol–water partition coefficient (Wildman–Crippen LogP) is 0.425. The zero-order valence-corrected chi connectivity index (χ0v) is 3.17. The van der Waals surface area contributed by atoms with Gasteiger partial charge in [-0.1, -0.05) is 12.6 Å². The van der Waals surface area contributed by atoms with Crippen LogP contribution >= 0.6 is 12.6 Å². The average molecular weight is 99.1 g/mol. The molecule has 2 N–H and O–H groups in total. The first-order valence-electron chi connectivity index (χ1n) is 0.890. The highest BCUT2D eigenvalue weighted by Crippen LogP contribution is 2.06. The standard InChI is InChI=1S/CH3F2NS/c2-1(3,4)5/h5H,4H2. The van der Waals surface area contributed by atoms with Crippen molar-refractivity contribution in [2.45, 2.75) is 5.38 Å². The second kappa shape index (κ2) is 1.10. The lowest BCUT2D eigenvalue weighted by molar-refractivity contribution is 0.117. The van der Waals surface area contributed by atoms with Gasteiger partial charge in [0.1, 0.15) is 0 Å². The van der Waals surface area contributed by atoms with Gasteiger partial charge in [-0.2, -0.15) is 8.78 Å². The summed E-state index contributed by atoms with van der Waals surface area (Å²) < 4.78 is 21.3. The zero-order valence-electron chi connectivity index (χ0n) is 2.28. The fourth-order valence-corrected chi connectivity index (χ4v) is 0. The van der Waals surface area contributed by atoms with Gasteiger partial charge in [0.15, 0.2) is 0 Å². The van der Waals surface area contributed by atoms with Crippen molar-refractivity contribution in [1.82, 2.24) is 0 Å². The third-order valence-electron chi connectivity index (χ3n) is 0. The third-order valence-corrected chi connectivity index (χ3v) is 0. The number of alkyl halides is 2. The fourth-order valence-electron chi connectivity index (χ4n) is 0. The van der Waals surface area contributed by atoms with E-state index in [0.717, 1.165) is 0 Å². The Kier molecular flexibility index (Phi) is 1.14. The van der Waals surface area contributed by atoms with Crippen LogP contribution in [0.3, 0.4) is 0 Å². The lowest BCUT2D eigenvalue weighted by Gasteiger charge is -1.93. The minimum Gasteiger partial charge on any atom is -0.263 e. The van der Waals surface area contributed by atoms with Crippen LogP contribution in [0.25, 0.3) is 0 Å². The molecular weight excluding hydrogens is 96.1 g/mol. The topological polar surface area (TPSA) is 26.0 Å². The van der Waals surface area contributed by atoms with Crippen molar-refractivity contribution in [1.29, 1.82) is 0 Å². The fraction of sp³-hybridized carbons (Fsp3) is 1.00. The summed E-state index contributed by atoms with van der Waals surface area (Å²) in [5, 5.41) is -3.31. The van der Waals surface area contributed by atoms with E-state index in [1.54, 1.807) is 0 Å². The van der Waals surface area contributed by atoms with Crippen LogP contribution in [0, 0.1) is 0 Å². The summed E-state index contributed by atoms with van der Waals surface area (Å²) in [7, 11) is 0. The van der Waals surface area contributed by atoms with E-state index in [2.05, 4.69) is 18.4 Å². The molecule has 4 heteroatoms. The molecule has 1 nitrogen and oxygen atoms in total. The third kappa shape index (κ3) is 679. The minimum absolute atomic E-state index is 2.57. The molecule has 0 aromatic rings. The van der Waals surface area contributed by atoms with Gasteiger partial charge >= 0.3 is 5.38 Å². The van der Waals surface area contributed by atoms with E-state index in [1.165, 1.54) is 0 Å². The van der Waals surface area contributed by atoms with Crippen LogP contribution in [-0.2, 0) is 0 Å². The summed E-state index contributed by atoms with van der Waals surface area (Å²) in [5.74, 6) is 0. The van der Waals surface area contributed by atoms with Gasteiger partial charge < -0.3 is 0 Å². The van der Waals surface area contributed by atoms with E-state index in [4.69, 9.17) is 0 Å². The minimum atomic E-state index is -3.31. The van der Waals surface area contributed by atoms with Gasteiger partial charge in [-0.25, -0.2) is 0 Å². The van der Waals surface area contributed by atoms with Crippen molar-refractivity contribution < 1.29 is 8.78 Å². The average Bonchev–Trinajstić information content (AvgIpc) is 0.722. The maximum atomic E-state index is 10.7. The molecule has 0 aromatic heterocycles. The lowest BCUT2D eigenvalue weighted by Crippen LogP contribution is -2.18. The summed E-state index contributed by atoms with van der Waals surface area (Å²) >= 11 is 2.57. The molecule has 0 radical (unpaired) electrons. The van der Waals surface area contributed by atoms with E-state index in [1.807, 2.05) is 0 Å². The van der Waals surface area contributed by atoms with Gasteiger partial charge in [-0.3, -0.25) is 5.73 Å². The van der Waals surface area contributed by atoms with Crippen LogP contribution in [0.15, 0.2) is 0 Å². The monoisotopic (exact) mass is 99.0 g/mol. The van der Waals surface area contributed by atoms with Gasteiger partial charge in [0.25, 0.3) is 0 Å². The molecule has 0 saturated carbocycles. The van der Waals surface area contributed by atoms with Gasteiger partial charge in [-0.15, -0.1) is 0 Å². The molecule has 5 heavy (non-hydrogen) atoms. The van der Waals surface area contributed by atoms with E-state index >= 15 is 0 Å². The Morgan fingerprint density at radius 1 is 1.60 bits per heavy atom. The maximum absolute atomic E-state index is 10.7. The van der Waals surface area contributed by atoms with Crippen LogP contribution in [0.5, 0.6) is 0 Å². The summed E-state index contributed by atoms with van der Waals surface area (Å²) in [4.78, 5) is 0. The predicted molar refractivity (Wildman–Crippen MR) is 18.1 cm³/mol. The molecule has 0 heterocycles. The van der Waals surface area contributed by atoms with Crippen molar-refractivity contribution in [2.24, 2.45) is 5.73 Å². The smallest absolute Gasteiger partial charge is 0.263 e. The van der Waals surface area contributed by atoms with Crippen molar-refractivity contribution in [3.63, 3.8) is 0 Å². The number of nitrogens with two attached hydrogens (primary N) is 1. The Balaban J connectivity index is 3.02. The van der Waals surface area contributed by atoms with Crippen molar-refractivity contribution in [2.75, 3.05) is 0 Å². The quantitative estimate of drug-likeness (QED) is 0.257. The molecule has 0 bridgehead atoms. The second-order valence-corrected chi connectivity index (χ2v) is 1.18.